The molecule has 0 radical (unpaired) electrons. The molecule has 114 valence electrons. The molecule has 0 fully saturated rings. The van der Waals surface area contributed by atoms with E-state index in [1.54, 1.807) is 36.4 Å². The average Bonchev–Trinajstić information content (AvgIpc) is 2.48. The van der Waals surface area contributed by atoms with E-state index in [1.807, 2.05) is 0 Å². The van der Waals surface area contributed by atoms with Crippen LogP contribution in [0.5, 0.6) is 0 Å². The van der Waals surface area contributed by atoms with Gasteiger partial charge in [-0.2, -0.15) is 0 Å². The van der Waals surface area contributed by atoms with Gasteiger partial charge in [0.15, 0.2) is 0 Å². The second-order valence-electron chi connectivity index (χ2n) is 4.32. The number of amides is 2. The fraction of sp³-hybridized carbons (Fsp3) is 0.0714. The summed E-state index contributed by atoms with van der Waals surface area (Å²) < 4.78 is 0.795. The standard InChI is InChI=1S/C14H11BrClN3O3/c15-10-5-6-12(11(16)7-10)18-14(20)17-8-9-3-1-2-4-13(9)19(21)22/h1-7H,8H2,(H2,17,18,20). The Balaban J connectivity index is 2.00. The first-order valence-electron chi connectivity index (χ1n) is 6.19. The molecule has 0 heterocycles. The first kappa shape index (κ1) is 16.3. The molecule has 2 aromatic carbocycles. The average molecular weight is 385 g/mol. The van der Waals surface area contributed by atoms with Gasteiger partial charge in [0, 0.05) is 16.1 Å². The highest BCUT2D eigenvalue weighted by atomic mass is 79.9. The highest BCUT2D eigenvalue weighted by Crippen LogP contribution is 2.25. The molecule has 2 N–H and O–H groups in total. The van der Waals surface area contributed by atoms with Crippen LogP contribution in [0.3, 0.4) is 0 Å². The van der Waals surface area contributed by atoms with Gasteiger partial charge in [-0.25, -0.2) is 4.79 Å². The van der Waals surface area contributed by atoms with Crippen LogP contribution in [0.15, 0.2) is 46.9 Å². The second kappa shape index (κ2) is 7.24. The van der Waals surface area contributed by atoms with Crippen LogP contribution in [0, 0.1) is 10.1 Å². The van der Waals surface area contributed by atoms with Gasteiger partial charge in [0.2, 0.25) is 0 Å². The van der Waals surface area contributed by atoms with Gasteiger partial charge in [-0.15, -0.1) is 0 Å². The van der Waals surface area contributed by atoms with E-state index in [0.717, 1.165) is 4.47 Å². The van der Waals surface area contributed by atoms with Crippen LogP contribution in [0.4, 0.5) is 16.2 Å². The first-order chi connectivity index (χ1) is 10.5. The molecule has 0 aliphatic heterocycles. The lowest BCUT2D eigenvalue weighted by molar-refractivity contribution is -0.385. The molecule has 0 unspecified atom stereocenters. The van der Waals surface area contributed by atoms with E-state index < -0.39 is 11.0 Å². The van der Waals surface area contributed by atoms with E-state index in [0.29, 0.717) is 16.3 Å². The number of anilines is 1. The van der Waals surface area contributed by atoms with E-state index in [2.05, 4.69) is 26.6 Å². The van der Waals surface area contributed by atoms with Crippen LogP contribution in [0.1, 0.15) is 5.56 Å². The monoisotopic (exact) mass is 383 g/mol. The fourth-order valence-electron chi connectivity index (χ4n) is 1.77. The molecule has 0 aromatic heterocycles. The van der Waals surface area contributed by atoms with Crippen LogP contribution in [-0.4, -0.2) is 11.0 Å². The Morgan fingerprint density at radius 1 is 1.27 bits per heavy atom. The van der Waals surface area contributed by atoms with E-state index >= 15 is 0 Å². The number of rotatable bonds is 4. The van der Waals surface area contributed by atoms with Crippen molar-refractivity contribution in [3.8, 4) is 0 Å². The molecule has 22 heavy (non-hydrogen) atoms. The number of hydrogen-bond donors (Lipinski definition) is 2. The zero-order valence-electron chi connectivity index (χ0n) is 11.2. The maximum absolute atomic E-state index is 11.8. The van der Waals surface area contributed by atoms with E-state index in [4.69, 9.17) is 11.6 Å². The number of nitro benzene ring substituents is 1. The van der Waals surface area contributed by atoms with Crippen molar-refractivity contribution in [1.29, 1.82) is 0 Å². The molecule has 8 heteroatoms. The number of halogens is 2. The summed E-state index contributed by atoms with van der Waals surface area (Å²) in [5, 5.41) is 16.4. The highest BCUT2D eigenvalue weighted by molar-refractivity contribution is 9.10. The lowest BCUT2D eigenvalue weighted by Crippen LogP contribution is -2.28. The number of carbonyl (C=O) groups is 1. The molecule has 0 atom stereocenters. The Bertz CT molecular complexity index is 724. The lowest BCUT2D eigenvalue weighted by Gasteiger charge is -2.09. The van der Waals surface area contributed by atoms with Gasteiger partial charge in [0.25, 0.3) is 5.69 Å². The third-order valence-electron chi connectivity index (χ3n) is 2.81. The van der Waals surface area contributed by atoms with Crippen molar-refractivity contribution >= 4 is 44.9 Å². The Labute approximate surface area is 139 Å². The third-order valence-corrected chi connectivity index (χ3v) is 3.61. The number of hydrogen-bond acceptors (Lipinski definition) is 3. The molecule has 0 spiro atoms. The number of urea groups is 1. The van der Waals surface area contributed by atoms with Crippen molar-refractivity contribution in [2.45, 2.75) is 6.54 Å². The van der Waals surface area contributed by atoms with E-state index in [9.17, 15) is 14.9 Å². The van der Waals surface area contributed by atoms with Gasteiger partial charge in [0.1, 0.15) is 0 Å². The Morgan fingerprint density at radius 3 is 2.68 bits per heavy atom. The molecule has 2 rings (SSSR count). The second-order valence-corrected chi connectivity index (χ2v) is 5.64. The molecule has 0 aliphatic carbocycles. The smallest absolute Gasteiger partial charge is 0.319 e. The van der Waals surface area contributed by atoms with E-state index in [1.165, 1.54) is 6.07 Å². The summed E-state index contributed by atoms with van der Waals surface area (Å²) in [5.74, 6) is 0. The van der Waals surface area contributed by atoms with Crippen LogP contribution in [-0.2, 0) is 6.54 Å². The Hall–Kier alpha value is -2.12. The third kappa shape index (κ3) is 4.19. The van der Waals surface area contributed by atoms with E-state index in [-0.39, 0.29) is 12.2 Å². The zero-order valence-corrected chi connectivity index (χ0v) is 13.5. The SMILES string of the molecule is O=C(NCc1ccccc1[N+](=O)[O-])Nc1ccc(Br)cc1Cl. The summed E-state index contributed by atoms with van der Waals surface area (Å²) in [6, 6.07) is 10.8. The van der Waals surface area contributed by atoms with Gasteiger partial charge in [-0.1, -0.05) is 45.7 Å². The van der Waals surface area contributed by atoms with Crippen LogP contribution < -0.4 is 10.6 Å². The molecule has 6 nitrogen and oxygen atoms in total. The maximum atomic E-state index is 11.8. The van der Waals surface area contributed by atoms with Gasteiger partial charge in [-0.05, 0) is 18.2 Å². The van der Waals surface area contributed by atoms with Gasteiger partial charge in [0.05, 0.1) is 22.2 Å². The molecule has 0 bridgehead atoms. The molecule has 2 aromatic rings. The van der Waals surface area contributed by atoms with Crippen molar-refractivity contribution in [1.82, 2.24) is 5.32 Å². The molecule has 0 aliphatic rings. The van der Waals surface area contributed by atoms with Crippen molar-refractivity contribution in [3.63, 3.8) is 0 Å². The predicted octanol–water partition coefficient (Wildman–Crippen LogP) is 4.33. The summed E-state index contributed by atoms with van der Waals surface area (Å²) in [4.78, 5) is 22.2. The van der Waals surface area contributed by atoms with Crippen LogP contribution in [0.25, 0.3) is 0 Å². The van der Waals surface area contributed by atoms with Crippen molar-refractivity contribution in [3.05, 3.63) is 67.6 Å². The first-order valence-corrected chi connectivity index (χ1v) is 7.36. The summed E-state index contributed by atoms with van der Waals surface area (Å²) in [6.07, 6.45) is 0. The topological polar surface area (TPSA) is 84.3 Å². The summed E-state index contributed by atoms with van der Waals surface area (Å²) in [5.41, 5.74) is 0.832. The Morgan fingerprint density at radius 2 is 2.00 bits per heavy atom. The minimum absolute atomic E-state index is 0.0375. The molecular weight excluding hydrogens is 374 g/mol. The number of nitrogens with one attached hydrogen (secondary N) is 2. The predicted molar refractivity (Wildman–Crippen MR) is 88.1 cm³/mol. The minimum Gasteiger partial charge on any atom is -0.334 e. The quantitative estimate of drug-likeness (QED) is 0.608. The Kier molecular flexibility index (Phi) is 5.35. The largest absolute Gasteiger partial charge is 0.334 e. The maximum Gasteiger partial charge on any atom is 0.319 e. The molecular formula is C14H11BrClN3O3. The van der Waals surface area contributed by atoms with Crippen molar-refractivity contribution in [2.24, 2.45) is 0 Å². The van der Waals surface area contributed by atoms with Gasteiger partial charge >= 0.3 is 6.03 Å². The highest BCUT2D eigenvalue weighted by Gasteiger charge is 2.13. The van der Waals surface area contributed by atoms with Crippen molar-refractivity contribution < 1.29 is 9.72 Å². The summed E-state index contributed by atoms with van der Waals surface area (Å²) in [7, 11) is 0. The normalized spacial score (nSPS) is 10.1. The van der Waals surface area contributed by atoms with Crippen LogP contribution >= 0.6 is 27.5 Å². The lowest BCUT2D eigenvalue weighted by atomic mass is 10.2. The number of nitro groups is 1. The zero-order chi connectivity index (χ0) is 16.1. The molecule has 2 amide bonds. The number of benzene rings is 2. The van der Waals surface area contributed by atoms with Crippen LogP contribution in [0.2, 0.25) is 5.02 Å². The number of nitrogens with zero attached hydrogens (tertiary/aromatic N) is 1. The number of para-hydroxylation sites is 1. The van der Waals surface area contributed by atoms with Crippen molar-refractivity contribution in [2.75, 3.05) is 5.32 Å². The minimum atomic E-state index is -0.498. The van der Waals surface area contributed by atoms with Gasteiger partial charge < -0.3 is 10.6 Å². The summed E-state index contributed by atoms with van der Waals surface area (Å²) >= 11 is 9.26. The molecule has 0 saturated carbocycles. The van der Waals surface area contributed by atoms with Gasteiger partial charge in [-0.3, -0.25) is 10.1 Å². The fourth-order valence-corrected chi connectivity index (χ4v) is 2.49. The molecule has 0 saturated heterocycles. The number of carbonyl (C=O) groups excluding carboxylic acids is 1. The summed E-state index contributed by atoms with van der Waals surface area (Å²) in [6.45, 7) is 0.0388.